The molecule has 2 aliphatic heterocycles. The Morgan fingerprint density at radius 3 is 2.43 bits per heavy atom. The molecule has 2 unspecified atom stereocenters. The van der Waals surface area contributed by atoms with Gasteiger partial charge in [-0.15, -0.1) is 0 Å². The Balaban J connectivity index is 1.68. The number of carbonyl (C=O) groups excluding carboxylic acids is 2. The summed E-state index contributed by atoms with van der Waals surface area (Å²) < 4.78 is 56.5. The third-order valence-corrected chi connectivity index (χ3v) is 6.77. The maximum atomic E-state index is 14.3. The smallest absolute Gasteiger partial charge is 0.338 e. The van der Waals surface area contributed by atoms with Crippen LogP contribution in [0, 0.1) is 5.82 Å². The van der Waals surface area contributed by atoms with Crippen LogP contribution in [0.4, 0.5) is 4.39 Å². The van der Waals surface area contributed by atoms with E-state index in [1.807, 2.05) is 13.8 Å². The Hall–Kier alpha value is -2.08. The lowest BCUT2D eigenvalue weighted by Crippen LogP contribution is -2.49. The first-order chi connectivity index (χ1) is 14.2. The molecule has 0 aliphatic carbocycles. The zero-order valence-corrected chi connectivity index (χ0v) is 17.7. The first-order valence-electron chi connectivity index (χ1n) is 9.66. The average molecular weight is 444 g/mol. The Morgan fingerprint density at radius 2 is 1.80 bits per heavy atom. The molecule has 11 heteroatoms. The molecule has 1 aromatic carbocycles. The van der Waals surface area contributed by atoms with Gasteiger partial charge in [0.25, 0.3) is 5.91 Å². The number of halogens is 1. The second-order valence-electron chi connectivity index (χ2n) is 7.29. The summed E-state index contributed by atoms with van der Waals surface area (Å²) in [4.78, 5) is 25.6. The van der Waals surface area contributed by atoms with Crippen molar-refractivity contribution in [3.8, 4) is 0 Å². The lowest BCUT2D eigenvalue weighted by molar-refractivity contribution is -0.146. The van der Waals surface area contributed by atoms with E-state index in [0.29, 0.717) is 13.1 Å². The van der Waals surface area contributed by atoms with Crippen LogP contribution in [0.25, 0.3) is 0 Å². The lowest BCUT2D eigenvalue weighted by Gasteiger charge is -2.35. The SMILES string of the molecule is CC1CN(C(=O)COC(=O)c2ccc(F)c(S(=O)(=O)N3CCOCC3)c2)CC(C)O1. The highest BCUT2D eigenvalue weighted by atomic mass is 32.2. The van der Waals surface area contributed by atoms with Crippen molar-refractivity contribution in [3.63, 3.8) is 0 Å². The van der Waals surface area contributed by atoms with Crippen LogP contribution in [0.1, 0.15) is 24.2 Å². The normalized spacial score (nSPS) is 23.2. The fraction of sp³-hybridized carbons (Fsp3) is 0.579. The van der Waals surface area contributed by atoms with Crippen LogP contribution in [0.2, 0.25) is 0 Å². The van der Waals surface area contributed by atoms with E-state index in [-0.39, 0.29) is 50.0 Å². The third-order valence-electron chi connectivity index (χ3n) is 4.85. The Kier molecular flexibility index (Phi) is 7.06. The summed E-state index contributed by atoms with van der Waals surface area (Å²) in [5.74, 6) is -2.25. The maximum Gasteiger partial charge on any atom is 0.338 e. The highest BCUT2D eigenvalue weighted by molar-refractivity contribution is 7.89. The number of hydrogen-bond acceptors (Lipinski definition) is 7. The summed E-state index contributed by atoms with van der Waals surface area (Å²) in [5, 5.41) is 0. The number of amides is 1. The fourth-order valence-electron chi connectivity index (χ4n) is 3.44. The monoisotopic (exact) mass is 444 g/mol. The lowest BCUT2D eigenvalue weighted by atomic mass is 10.2. The van der Waals surface area contributed by atoms with Crippen LogP contribution in [-0.2, 0) is 29.0 Å². The summed E-state index contributed by atoms with van der Waals surface area (Å²) in [7, 11) is -4.13. The zero-order chi connectivity index (χ0) is 21.9. The second kappa shape index (κ2) is 9.38. The number of morpholine rings is 2. The first-order valence-corrected chi connectivity index (χ1v) is 11.1. The number of carbonyl (C=O) groups is 2. The number of sulfonamides is 1. The van der Waals surface area contributed by atoms with Gasteiger partial charge in [0.2, 0.25) is 10.0 Å². The molecule has 9 nitrogen and oxygen atoms in total. The highest BCUT2D eigenvalue weighted by Crippen LogP contribution is 2.22. The van der Waals surface area contributed by atoms with Crippen molar-refractivity contribution in [2.75, 3.05) is 46.0 Å². The Morgan fingerprint density at radius 1 is 1.17 bits per heavy atom. The van der Waals surface area contributed by atoms with Crippen LogP contribution >= 0.6 is 0 Å². The quantitative estimate of drug-likeness (QED) is 0.614. The van der Waals surface area contributed by atoms with Crippen molar-refractivity contribution in [2.45, 2.75) is 31.0 Å². The molecule has 0 bridgehead atoms. The molecule has 1 aromatic rings. The van der Waals surface area contributed by atoms with Crippen molar-refractivity contribution in [1.82, 2.24) is 9.21 Å². The van der Waals surface area contributed by atoms with E-state index < -0.39 is 33.3 Å². The highest BCUT2D eigenvalue weighted by Gasteiger charge is 2.30. The molecule has 30 heavy (non-hydrogen) atoms. The number of rotatable bonds is 5. The standard InChI is InChI=1S/C19H25FN2O7S/c1-13-10-21(11-14(2)29-13)18(23)12-28-19(24)15-3-4-16(20)17(9-15)30(25,26)22-5-7-27-8-6-22/h3-4,9,13-14H,5-8,10-12H2,1-2H3. The predicted octanol–water partition coefficient (Wildman–Crippen LogP) is 0.639. The summed E-state index contributed by atoms with van der Waals surface area (Å²) in [6.45, 7) is 4.59. The van der Waals surface area contributed by atoms with Gasteiger partial charge in [0, 0.05) is 26.2 Å². The summed E-state index contributed by atoms with van der Waals surface area (Å²) in [6, 6.07) is 2.96. The molecule has 2 aliphatic rings. The molecule has 3 rings (SSSR count). The summed E-state index contributed by atoms with van der Waals surface area (Å²) >= 11 is 0. The van der Waals surface area contributed by atoms with Gasteiger partial charge >= 0.3 is 5.97 Å². The van der Waals surface area contributed by atoms with Gasteiger partial charge in [0.1, 0.15) is 10.7 Å². The van der Waals surface area contributed by atoms with Gasteiger partial charge in [-0.05, 0) is 32.0 Å². The van der Waals surface area contributed by atoms with Gasteiger partial charge in [0.15, 0.2) is 6.61 Å². The number of hydrogen-bond donors (Lipinski definition) is 0. The number of esters is 1. The van der Waals surface area contributed by atoms with Crippen LogP contribution in [0.15, 0.2) is 23.1 Å². The molecule has 166 valence electrons. The van der Waals surface area contributed by atoms with E-state index in [9.17, 15) is 22.4 Å². The Labute approximate surface area is 174 Å². The van der Waals surface area contributed by atoms with E-state index in [0.717, 1.165) is 22.5 Å². The van der Waals surface area contributed by atoms with Gasteiger partial charge in [-0.25, -0.2) is 17.6 Å². The summed E-state index contributed by atoms with van der Waals surface area (Å²) in [5.41, 5.74) is -0.153. The third kappa shape index (κ3) is 5.15. The van der Waals surface area contributed by atoms with E-state index in [2.05, 4.69) is 0 Å². The number of benzene rings is 1. The van der Waals surface area contributed by atoms with Crippen LogP contribution < -0.4 is 0 Å². The number of ether oxygens (including phenoxy) is 3. The minimum atomic E-state index is -4.13. The van der Waals surface area contributed by atoms with Gasteiger partial charge in [-0.2, -0.15) is 4.31 Å². The molecule has 2 saturated heterocycles. The molecule has 0 saturated carbocycles. The topological polar surface area (TPSA) is 102 Å². The van der Waals surface area contributed by atoms with E-state index in [1.54, 1.807) is 4.90 Å². The molecule has 1 amide bonds. The molecular weight excluding hydrogens is 419 g/mol. The predicted molar refractivity (Wildman–Crippen MR) is 103 cm³/mol. The van der Waals surface area contributed by atoms with Crippen LogP contribution in [0.5, 0.6) is 0 Å². The molecule has 0 N–H and O–H groups in total. The molecular formula is C19H25FN2O7S. The molecule has 2 atom stereocenters. The van der Waals surface area contributed by atoms with Crippen molar-refractivity contribution in [1.29, 1.82) is 0 Å². The van der Waals surface area contributed by atoms with Crippen LogP contribution in [0.3, 0.4) is 0 Å². The van der Waals surface area contributed by atoms with Gasteiger partial charge in [-0.3, -0.25) is 4.79 Å². The van der Waals surface area contributed by atoms with E-state index in [4.69, 9.17) is 14.2 Å². The molecule has 0 spiro atoms. The van der Waals surface area contributed by atoms with Gasteiger partial charge in [-0.1, -0.05) is 0 Å². The minimum Gasteiger partial charge on any atom is -0.452 e. The van der Waals surface area contributed by atoms with Crippen molar-refractivity contribution >= 4 is 21.9 Å². The minimum absolute atomic E-state index is 0.0986. The first kappa shape index (κ1) is 22.6. The van der Waals surface area contributed by atoms with Crippen molar-refractivity contribution < 1.29 is 36.6 Å². The fourth-order valence-corrected chi connectivity index (χ4v) is 4.94. The molecule has 0 radical (unpaired) electrons. The zero-order valence-electron chi connectivity index (χ0n) is 16.9. The van der Waals surface area contributed by atoms with Crippen LogP contribution in [-0.4, -0.2) is 87.7 Å². The average Bonchev–Trinajstić information content (AvgIpc) is 2.71. The Bertz CT molecular complexity index is 892. The molecule has 2 heterocycles. The van der Waals surface area contributed by atoms with Crippen molar-refractivity contribution in [2.24, 2.45) is 0 Å². The molecule has 0 aromatic heterocycles. The van der Waals surface area contributed by atoms with Gasteiger partial charge in [0.05, 0.1) is 31.0 Å². The second-order valence-corrected chi connectivity index (χ2v) is 9.20. The van der Waals surface area contributed by atoms with Crippen molar-refractivity contribution in [3.05, 3.63) is 29.6 Å². The van der Waals surface area contributed by atoms with E-state index in [1.165, 1.54) is 0 Å². The molecule has 2 fully saturated rings. The number of nitrogens with zero attached hydrogens (tertiary/aromatic N) is 2. The van der Waals surface area contributed by atoms with Gasteiger partial charge < -0.3 is 19.1 Å². The largest absolute Gasteiger partial charge is 0.452 e. The maximum absolute atomic E-state index is 14.3. The summed E-state index contributed by atoms with van der Waals surface area (Å²) in [6.07, 6.45) is -0.253. The van der Waals surface area contributed by atoms with E-state index >= 15 is 0 Å².